The summed E-state index contributed by atoms with van der Waals surface area (Å²) in [5.74, 6) is 1.22. The lowest BCUT2D eigenvalue weighted by atomic mass is 10.3. The Hall–Kier alpha value is -1.51. The molecule has 0 spiro atoms. The van der Waals surface area contributed by atoms with Crippen LogP contribution in [0, 0.1) is 0 Å². The number of nitrogens with one attached hydrogen (secondary N) is 1. The highest BCUT2D eigenvalue weighted by atomic mass is 32.2. The van der Waals surface area contributed by atoms with Crippen molar-refractivity contribution in [1.29, 1.82) is 0 Å². The average molecular weight is 305 g/mol. The van der Waals surface area contributed by atoms with Crippen LogP contribution < -0.4 is 5.32 Å². The van der Waals surface area contributed by atoms with Crippen LogP contribution in [0.15, 0.2) is 12.4 Å². The second-order valence-corrected chi connectivity index (χ2v) is 5.11. The van der Waals surface area contributed by atoms with E-state index in [-0.39, 0.29) is 11.6 Å². The van der Waals surface area contributed by atoms with Crippen LogP contribution in [0.5, 0.6) is 0 Å². The third kappa shape index (κ3) is 3.53. The maximum Gasteiger partial charge on any atom is 0.433 e. The minimum Gasteiger partial charge on any atom is -0.370 e. The summed E-state index contributed by atoms with van der Waals surface area (Å²) in [6.45, 7) is 0.580. The first-order valence-electron chi connectivity index (χ1n) is 6.03. The van der Waals surface area contributed by atoms with Gasteiger partial charge in [-0.2, -0.15) is 39.5 Å². The highest BCUT2D eigenvalue weighted by Crippen LogP contribution is 2.29. The van der Waals surface area contributed by atoms with Crippen molar-refractivity contribution in [2.75, 3.05) is 23.9 Å². The summed E-state index contributed by atoms with van der Waals surface area (Å²) in [4.78, 5) is 7.15. The van der Waals surface area contributed by atoms with E-state index in [9.17, 15) is 13.2 Å². The normalized spacial score (nSPS) is 12.0. The lowest BCUT2D eigenvalue weighted by Crippen LogP contribution is -2.14. The number of alkyl halides is 3. The Kier molecular flexibility index (Phi) is 4.69. The van der Waals surface area contributed by atoms with E-state index in [1.54, 1.807) is 11.8 Å². The number of unbranched alkanes of at least 4 members (excludes halogenated alkanes) is 1. The van der Waals surface area contributed by atoms with Crippen molar-refractivity contribution < 1.29 is 13.2 Å². The van der Waals surface area contributed by atoms with Crippen molar-refractivity contribution in [3.63, 3.8) is 0 Å². The highest BCUT2D eigenvalue weighted by molar-refractivity contribution is 7.98. The van der Waals surface area contributed by atoms with E-state index in [1.165, 1.54) is 10.8 Å². The molecule has 2 aromatic rings. The van der Waals surface area contributed by atoms with Crippen molar-refractivity contribution in [1.82, 2.24) is 19.6 Å². The summed E-state index contributed by atoms with van der Waals surface area (Å²) < 4.78 is 39.5. The summed E-state index contributed by atoms with van der Waals surface area (Å²) >= 11 is 1.74. The van der Waals surface area contributed by atoms with Crippen LogP contribution in [0.2, 0.25) is 0 Å². The summed E-state index contributed by atoms with van der Waals surface area (Å²) in [5, 5.41) is 6.82. The predicted octanol–water partition coefficient (Wildman–Crippen LogP) is 2.70. The fourth-order valence-corrected chi connectivity index (χ4v) is 2.16. The number of fused-ring (bicyclic) bond motifs is 1. The molecule has 0 aliphatic heterocycles. The summed E-state index contributed by atoms with van der Waals surface area (Å²) in [6, 6.07) is 0.955. The van der Waals surface area contributed by atoms with Gasteiger partial charge in [0.15, 0.2) is 5.69 Å². The van der Waals surface area contributed by atoms with Crippen molar-refractivity contribution in [3.8, 4) is 0 Å². The SMILES string of the molecule is CSCCCCNc1cc(C(F)(F)F)nc2ncnn12. The Morgan fingerprint density at radius 2 is 2.15 bits per heavy atom. The number of halogens is 3. The molecule has 0 atom stereocenters. The Labute approximate surface area is 118 Å². The number of hydrogen-bond acceptors (Lipinski definition) is 5. The Bertz CT molecular complexity index is 569. The second-order valence-electron chi connectivity index (χ2n) is 4.12. The van der Waals surface area contributed by atoms with Crippen LogP contribution in [0.4, 0.5) is 19.0 Å². The monoisotopic (exact) mass is 305 g/mol. The zero-order valence-corrected chi connectivity index (χ0v) is 11.6. The lowest BCUT2D eigenvalue weighted by molar-refractivity contribution is -0.141. The first-order valence-corrected chi connectivity index (χ1v) is 7.42. The Morgan fingerprint density at radius 3 is 2.85 bits per heavy atom. The maximum atomic E-state index is 12.7. The minimum absolute atomic E-state index is 0.0635. The zero-order chi connectivity index (χ0) is 14.6. The molecule has 5 nitrogen and oxygen atoms in total. The van der Waals surface area contributed by atoms with E-state index in [2.05, 4.69) is 20.4 Å². The van der Waals surface area contributed by atoms with Gasteiger partial charge in [-0.05, 0) is 24.9 Å². The zero-order valence-electron chi connectivity index (χ0n) is 10.8. The van der Waals surface area contributed by atoms with E-state index >= 15 is 0 Å². The van der Waals surface area contributed by atoms with Crippen molar-refractivity contribution >= 4 is 23.4 Å². The van der Waals surface area contributed by atoms with E-state index < -0.39 is 11.9 Å². The van der Waals surface area contributed by atoms with Gasteiger partial charge in [-0.25, -0.2) is 4.98 Å². The molecule has 0 unspecified atom stereocenters. The molecular weight excluding hydrogens is 291 g/mol. The van der Waals surface area contributed by atoms with Crippen LogP contribution >= 0.6 is 11.8 Å². The van der Waals surface area contributed by atoms with Crippen molar-refractivity contribution in [3.05, 3.63) is 18.1 Å². The summed E-state index contributed by atoms with van der Waals surface area (Å²) in [7, 11) is 0. The number of thioether (sulfide) groups is 1. The molecule has 9 heteroatoms. The van der Waals surface area contributed by atoms with Crippen LogP contribution in [-0.2, 0) is 6.18 Å². The molecular formula is C11H14F3N5S. The van der Waals surface area contributed by atoms with Gasteiger partial charge >= 0.3 is 6.18 Å². The average Bonchev–Trinajstić information content (AvgIpc) is 2.85. The number of nitrogens with zero attached hydrogens (tertiary/aromatic N) is 4. The quantitative estimate of drug-likeness (QED) is 0.832. The molecule has 110 valence electrons. The van der Waals surface area contributed by atoms with Gasteiger partial charge in [-0.15, -0.1) is 0 Å². The van der Waals surface area contributed by atoms with Crippen molar-refractivity contribution in [2.24, 2.45) is 0 Å². The molecule has 0 bridgehead atoms. The molecule has 0 saturated carbocycles. The fraction of sp³-hybridized carbons (Fsp3) is 0.545. The summed E-state index contributed by atoms with van der Waals surface area (Å²) in [5.41, 5.74) is -0.968. The third-order valence-corrected chi connectivity index (χ3v) is 3.32. The molecule has 0 amide bonds. The van der Waals surface area contributed by atoms with Crippen LogP contribution in [-0.4, -0.2) is 38.1 Å². The van der Waals surface area contributed by atoms with Gasteiger partial charge in [0, 0.05) is 12.6 Å². The molecule has 0 radical (unpaired) electrons. The molecule has 2 aromatic heterocycles. The van der Waals surface area contributed by atoms with Gasteiger partial charge in [-0.1, -0.05) is 0 Å². The Balaban J connectivity index is 2.16. The smallest absolute Gasteiger partial charge is 0.370 e. The van der Waals surface area contributed by atoms with Gasteiger partial charge in [0.2, 0.25) is 0 Å². The molecule has 0 aliphatic carbocycles. The molecule has 0 fully saturated rings. The molecule has 0 aliphatic rings. The number of hydrogen-bond donors (Lipinski definition) is 1. The van der Waals surface area contributed by atoms with E-state index in [0.29, 0.717) is 6.54 Å². The Morgan fingerprint density at radius 1 is 1.35 bits per heavy atom. The number of anilines is 1. The maximum absolute atomic E-state index is 12.7. The van der Waals surface area contributed by atoms with E-state index in [1.807, 2.05) is 6.26 Å². The van der Waals surface area contributed by atoms with E-state index in [4.69, 9.17) is 0 Å². The molecule has 0 aromatic carbocycles. The highest BCUT2D eigenvalue weighted by Gasteiger charge is 2.33. The van der Waals surface area contributed by atoms with Gasteiger partial charge in [0.25, 0.3) is 5.78 Å². The largest absolute Gasteiger partial charge is 0.433 e. The van der Waals surface area contributed by atoms with Gasteiger partial charge < -0.3 is 5.32 Å². The second kappa shape index (κ2) is 6.29. The van der Waals surface area contributed by atoms with Crippen LogP contribution in [0.1, 0.15) is 18.5 Å². The van der Waals surface area contributed by atoms with Gasteiger partial charge in [0.05, 0.1) is 0 Å². The molecule has 2 heterocycles. The molecule has 1 N–H and O–H groups in total. The van der Waals surface area contributed by atoms with Crippen LogP contribution in [0.3, 0.4) is 0 Å². The first kappa shape index (κ1) is 14.9. The molecule has 20 heavy (non-hydrogen) atoms. The van der Waals surface area contributed by atoms with E-state index in [0.717, 1.165) is 24.7 Å². The summed E-state index contributed by atoms with van der Waals surface area (Å²) in [6.07, 6.45) is 0.585. The first-order chi connectivity index (χ1) is 9.52. The number of aromatic nitrogens is 4. The minimum atomic E-state index is -4.50. The molecule has 0 saturated heterocycles. The third-order valence-electron chi connectivity index (χ3n) is 2.62. The fourth-order valence-electron chi connectivity index (χ4n) is 1.67. The van der Waals surface area contributed by atoms with Crippen LogP contribution in [0.25, 0.3) is 5.78 Å². The topological polar surface area (TPSA) is 55.1 Å². The lowest BCUT2D eigenvalue weighted by Gasteiger charge is -2.11. The number of rotatable bonds is 6. The standard InChI is InChI=1S/C11H14F3N5S/c1-20-5-3-2-4-15-9-6-8(11(12,13)14)18-10-16-7-17-19(9)10/h6-7,15H,2-5H2,1H3. The van der Waals surface area contributed by atoms with Gasteiger partial charge in [-0.3, -0.25) is 0 Å². The predicted molar refractivity (Wildman–Crippen MR) is 71.9 cm³/mol. The van der Waals surface area contributed by atoms with Crippen molar-refractivity contribution in [2.45, 2.75) is 19.0 Å². The van der Waals surface area contributed by atoms with Gasteiger partial charge in [0.1, 0.15) is 12.1 Å². The molecule has 2 rings (SSSR count).